The van der Waals surface area contributed by atoms with Crippen molar-refractivity contribution in [1.82, 2.24) is 15.1 Å². The molecule has 0 saturated carbocycles. The zero-order chi connectivity index (χ0) is 23.2. The summed E-state index contributed by atoms with van der Waals surface area (Å²) in [6.07, 6.45) is 0.913. The molecule has 0 fully saturated rings. The molecular formula is C23H27N3O5S2. The summed E-state index contributed by atoms with van der Waals surface area (Å²) in [6, 6.07) is 5.70. The van der Waals surface area contributed by atoms with E-state index in [9.17, 15) is 4.79 Å². The maximum atomic E-state index is 12.7. The SMILES string of the molecule is CCOc1cc(-c2nnc(SCC(=O)N3CCc4sccc4C3)o2)cc(OCC)c1OCC. The van der Waals surface area contributed by atoms with E-state index >= 15 is 0 Å². The van der Waals surface area contributed by atoms with E-state index in [1.165, 1.54) is 22.2 Å². The van der Waals surface area contributed by atoms with E-state index in [0.717, 1.165) is 13.0 Å². The van der Waals surface area contributed by atoms with Crippen molar-refractivity contribution in [3.05, 3.63) is 34.0 Å². The molecule has 0 bridgehead atoms. The van der Waals surface area contributed by atoms with Gasteiger partial charge >= 0.3 is 0 Å². The first-order valence-corrected chi connectivity index (χ1v) is 12.9. The van der Waals surface area contributed by atoms with Crippen molar-refractivity contribution in [1.29, 1.82) is 0 Å². The van der Waals surface area contributed by atoms with Gasteiger partial charge in [0.2, 0.25) is 17.5 Å². The van der Waals surface area contributed by atoms with Gasteiger partial charge in [-0.25, -0.2) is 0 Å². The minimum absolute atomic E-state index is 0.0648. The smallest absolute Gasteiger partial charge is 0.277 e. The number of ether oxygens (including phenoxy) is 3. The molecule has 0 aliphatic carbocycles. The van der Waals surface area contributed by atoms with Crippen LogP contribution in [0, 0.1) is 0 Å². The molecule has 1 aromatic carbocycles. The molecule has 1 aliphatic heterocycles. The maximum Gasteiger partial charge on any atom is 0.277 e. The quantitative estimate of drug-likeness (QED) is 0.380. The molecule has 1 amide bonds. The van der Waals surface area contributed by atoms with Crippen LogP contribution in [0.1, 0.15) is 31.2 Å². The highest BCUT2D eigenvalue weighted by Gasteiger charge is 2.23. The molecule has 8 nitrogen and oxygen atoms in total. The number of aromatic nitrogens is 2. The van der Waals surface area contributed by atoms with Gasteiger partial charge < -0.3 is 23.5 Å². The van der Waals surface area contributed by atoms with Crippen LogP contribution in [0.3, 0.4) is 0 Å². The van der Waals surface area contributed by atoms with Crippen LogP contribution < -0.4 is 14.2 Å². The Hall–Kier alpha value is -2.72. The van der Waals surface area contributed by atoms with Crippen LogP contribution in [0.15, 0.2) is 33.2 Å². The van der Waals surface area contributed by atoms with Crippen molar-refractivity contribution >= 4 is 29.0 Å². The number of hydrogen-bond donors (Lipinski definition) is 0. The molecule has 0 N–H and O–H groups in total. The highest BCUT2D eigenvalue weighted by Crippen LogP contribution is 2.42. The van der Waals surface area contributed by atoms with Crippen molar-refractivity contribution in [2.24, 2.45) is 0 Å². The van der Waals surface area contributed by atoms with E-state index in [1.807, 2.05) is 25.7 Å². The van der Waals surface area contributed by atoms with Crippen LogP contribution in [-0.2, 0) is 17.8 Å². The lowest BCUT2D eigenvalue weighted by Gasteiger charge is -2.26. The van der Waals surface area contributed by atoms with Crippen LogP contribution in [0.2, 0.25) is 0 Å². The van der Waals surface area contributed by atoms with E-state index in [0.29, 0.717) is 60.3 Å². The second-order valence-corrected chi connectivity index (χ2v) is 9.12. The average molecular weight is 490 g/mol. The van der Waals surface area contributed by atoms with Gasteiger partial charge in [-0.05, 0) is 56.3 Å². The third kappa shape index (κ3) is 5.44. The number of rotatable bonds is 10. The van der Waals surface area contributed by atoms with Gasteiger partial charge in [0.1, 0.15) is 0 Å². The molecular weight excluding hydrogens is 462 g/mol. The summed E-state index contributed by atoms with van der Waals surface area (Å²) >= 11 is 3.00. The summed E-state index contributed by atoms with van der Waals surface area (Å²) in [5.41, 5.74) is 1.91. The molecule has 0 atom stereocenters. The van der Waals surface area contributed by atoms with Gasteiger partial charge in [0.05, 0.1) is 25.6 Å². The molecule has 4 rings (SSSR count). The normalized spacial score (nSPS) is 13.0. The molecule has 0 unspecified atom stereocenters. The number of carbonyl (C=O) groups excluding carboxylic acids is 1. The fourth-order valence-corrected chi connectivity index (χ4v) is 5.13. The van der Waals surface area contributed by atoms with Gasteiger partial charge in [-0.3, -0.25) is 4.79 Å². The van der Waals surface area contributed by atoms with Gasteiger partial charge in [-0.1, -0.05) is 11.8 Å². The minimum atomic E-state index is 0.0648. The lowest BCUT2D eigenvalue weighted by molar-refractivity contribution is -0.129. The third-order valence-corrected chi connectivity index (χ3v) is 6.87. The molecule has 33 heavy (non-hydrogen) atoms. The van der Waals surface area contributed by atoms with E-state index < -0.39 is 0 Å². The Balaban J connectivity index is 1.45. The van der Waals surface area contributed by atoms with Crippen molar-refractivity contribution in [3.63, 3.8) is 0 Å². The van der Waals surface area contributed by atoms with E-state index in [4.69, 9.17) is 18.6 Å². The summed E-state index contributed by atoms with van der Waals surface area (Å²) in [6.45, 7) is 8.57. The molecule has 2 aromatic heterocycles. The highest BCUT2D eigenvalue weighted by atomic mass is 32.2. The van der Waals surface area contributed by atoms with Gasteiger partial charge in [-0.15, -0.1) is 21.5 Å². The monoisotopic (exact) mass is 489 g/mol. The molecule has 176 valence electrons. The molecule has 3 heterocycles. The zero-order valence-electron chi connectivity index (χ0n) is 19.0. The number of hydrogen-bond acceptors (Lipinski definition) is 9. The van der Waals surface area contributed by atoms with Gasteiger partial charge in [0, 0.05) is 23.5 Å². The Morgan fingerprint density at radius 2 is 1.85 bits per heavy atom. The molecule has 10 heteroatoms. The molecule has 1 aliphatic rings. The zero-order valence-corrected chi connectivity index (χ0v) is 20.6. The minimum Gasteiger partial charge on any atom is -0.490 e. The van der Waals surface area contributed by atoms with E-state index in [2.05, 4.69) is 21.6 Å². The van der Waals surface area contributed by atoms with E-state index in [-0.39, 0.29) is 11.7 Å². The fourth-order valence-electron chi connectivity index (χ4n) is 3.57. The summed E-state index contributed by atoms with van der Waals surface area (Å²) in [4.78, 5) is 15.9. The summed E-state index contributed by atoms with van der Waals surface area (Å²) in [7, 11) is 0. The first kappa shape index (κ1) is 23.4. The lowest BCUT2D eigenvalue weighted by Crippen LogP contribution is -2.36. The van der Waals surface area contributed by atoms with Crippen LogP contribution in [0.4, 0.5) is 0 Å². The number of thioether (sulfide) groups is 1. The topological polar surface area (TPSA) is 86.9 Å². The van der Waals surface area contributed by atoms with Crippen LogP contribution in [0.25, 0.3) is 11.5 Å². The van der Waals surface area contributed by atoms with Crippen LogP contribution in [-0.4, -0.2) is 53.1 Å². The Bertz CT molecular complexity index is 1070. The Labute approximate surface area is 201 Å². The first-order valence-electron chi connectivity index (χ1n) is 11.0. The van der Waals surface area contributed by atoms with Crippen molar-refractivity contribution in [2.45, 2.75) is 39.0 Å². The predicted molar refractivity (Wildman–Crippen MR) is 127 cm³/mol. The lowest BCUT2D eigenvalue weighted by atomic mass is 10.1. The van der Waals surface area contributed by atoms with Crippen molar-refractivity contribution < 1.29 is 23.4 Å². The number of fused-ring (bicyclic) bond motifs is 1. The van der Waals surface area contributed by atoms with Gasteiger partial charge in [0.25, 0.3) is 5.22 Å². The second kappa shape index (κ2) is 10.9. The fraction of sp³-hybridized carbons (Fsp3) is 0.435. The second-order valence-electron chi connectivity index (χ2n) is 7.20. The maximum absolute atomic E-state index is 12.7. The highest BCUT2D eigenvalue weighted by molar-refractivity contribution is 7.99. The Kier molecular flexibility index (Phi) is 7.77. The van der Waals surface area contributed by atoms with Crippen molar-refractivity contribution in [3.8, 4) is 28.7 Å². The first-order chi connectivity index (χ1) is 16.1. The molecule has 3 aromatic rings. The summed E-state index contributed by atoms with van der Waals surface area (Å²) < 4.78 is 23.1. The molecule has 0 saturated heterocycles. The average Bonchev–Trinajstić information content (AvgIpc) is 3.49. The summed E-state index contributed by atoms with van der Waals surface area (Å²) in [5, 5.41) is 10.7. The van der Waals surface area contributed by atoms with E-state index in [1.54, 1.807) is 23.5 Å². The molecule has 0 spiro atoms. The predicted octanol–water partition coefficient (Wildman–Crippen LogP) is 4.67. The third-order valence-electron chi connectivity index (χ3n) is 5.04. The number of nitrogens with zero attached hydrogens (tertiary/aromatic N) is 3. The van der Waals surface area contributed by atoms with Crippen LogP contribution in [0.5, 0.6) is 17.2 Å². The largest absolute Gasteiger partial charge is 0.490 e. The standard InChI is InChI=1S/C23H27N3O5S2/c1-4-28-17-11-16(12-18(29-5-2)21(17)30-6-3)22-24-25-23(31-22)33-14-20(27)26-9-7-19-15(13-26)8-10-32-19/h8,10-12H,4-7,9,13-14H2,1-3H3. The summed E-state index contributed by atoms with van der Waals surface area (Å²) in [5.74, 6) is 2.31. The van der Waals surface area contributed by atoms with Gasteiger partial charge in [-0.2, -0.15) is 0 Å². The number of amides is 1. The van der Waals surface area contributed by atoms with Crippen LogP contribution >= 0.6 is 23.1 Å². The number of carbonyl (C=O) groups is 1. The van der Waals surface area contributed by atoms with Crippen molar-refractivity contribution in [2.75, 3.05) is 32.1 Å². The molecule has 0 radical (unpaired) electrons. The van der Waals surface area contributed by atoms with Gasteiger partial charge in [0.15, 0.2) is 11.5 Å². The number of benzene rings is 1. The Morgan fingerprint density at radius 1 is 1.12 bits per heavy atom. The number of thiophene rings is 1. The Morgan fingerprint density at radius 3 is 2.55 bits per heavy atom.